The van der Waals surface area contributed by atoms with Crippen molar-refractivity contribution in [3.8, 4) is 0 Å². The summed E-state index contributed by atoms with van der Waals surface area (Å²) in [7, 11) is 0. The molecule has 3 aliphatic heterocycles. The Bertz CT molecular complexity index is 599. The molecule has 3 saturated heterocycles. The number of carbonyl (C=O) groups excluding carboxylic acids is 2. The second-order valence-corrected chi connectivity index (χ2v) is 7.13. The quantitative estimate of drug-likeness (QED) is 0.831. The molecule has 1 aromatic rings. The Labute approximate surface area is 141 Å². The summed E-state index contributed by atoms with van der Waals surface area (Å²) in [6.45, 7) is 3.06. The summed E-state index contributed by atoms with van der Waals surface area (Å²) in [6.07, 6.45) is 6.76. The number of likely N-dealkylation sites (tertiary alicyclic amines) is 2. The third-order valence-electron chi connectivity index (χ3n) is 5.64. The molecule has 24 heavy (non-hydrogen) atoms. The summed E-state index contributed by atoms with van der Waals surface area (Å²) in [4.78, 5) is 28.6. The first-order valence-corrected chi connectivity index (χ1v) is 8.96. The van der Waals surface area contributed by atoms with Gasteiger partial charge in [-0.3, -0.25) is 9.59 Å². The second-order valence-electron chi connectivity index (χ2n) is 7.13. The van der Waals surface area contributed by atoms with Crippen LogP contribution in [0.2, 0.25) is 0 Å². The fraction of sp³-hybridized carbons (Fsp3) is 0.667. The van der Waals surface area contributed by atoms with Crippen LogP contribution in [0.3, 0.4) is 0 Å². The van der Waals surface area contributed by atoms with Crippen LogP contribution in [-0.4, -0.2) is 59.5 Å². The monoisotopic (exact) mass is 332 g/mol. The van der Waals surface area contributed by atoms with Crippen LogP contribution in [0.15, 0.2) is 22.8 Å². The highest BCUT2D eigenvalue weighted by atomic mass is 16.5. The molecular formula is C18H24N2O4. The molecule has 4 heterocycles. The zero-order chi connectivity index (χ0) is 16.6. The maximum absolute atomic E-state index is 12.5. The number of hydrogen-bond donors (Lipinski definition) is 0. The van der Waals surface area contributed by atoms with Gasteiger partial charge in [0.1, 0.15) is 6.10 Å². The van der Waals surface area contributed by atoms with E-state index in [-0.39, 0.29) is 23.5 Å². The smallest absolute Gasteiger partial charge is 0.289 e. The van der Waals surface area contributed by atoms with E-state index >= 15 is 0 Å². The highest BCUT2D eigenvalue weighted by Gasteiger charge is 2.46. The Morgan fingerprint density at radius 2 is 1.79 bits per heavy atom. The molecule has 6 nitrogen and oxygen atoms in total. The number of nitrogens with zero attached hydrogens (tertiary/aromatic N) is 2. The van der Waals surface area contributed by atoms with Gasteiger partial charge < -0.3 is 19.0 Å². The zero-order valence-corrected chi connectivity index (χ0v) is 13.9. The van der Waals surface area contributed by atoms with E-state index in [1.165, 1.54) is 6.26 Å². The van der Waals surface area contributed by atoms with Crippen molar-refractivity contribution in [2.24, 2.45) is 0 Å². The lowest BCUT2D eigenvalue weighted by atomic mass is 9.88. The molecule has 0 radical (unpaired) electrons. The van der Waals surface area contributed by atoms with Gasteiger partial charge in [0, 0.05) is 26.2 Å². The summed E-state index contributed by atoms with van der Waals surface area (Å²) < 4.78 is 11.4. The highest BCUT2D eigenvalue weighted by molar-refractivity contribution is 5.91. The van der Waals surface area contributed by atoms with Crippen molar-refractivity contribution in [1.29, 1.82) is 0 Å². The lowest BCUT2D eigenvalue weighted by Crippen LogP contribution is -2.47. The highest BCUT2D eigenvalue weighted by Crippen LogP contribution is 2.39. The van der Waals surface area contributed by atoms with Crippen molar-refractivity contribution in [1.82, 2.24) is 9.80 Å². The Hall–Kier alpha value is -1.82. The maximum atomic E-state index is 12.5. The van der Waals surface area contributed by atoms with Gasteiger partial charge in [0.2, 0.25) is 0 Å². The third-order valence-corrected chi connectivity index (χ3v) is 5.64. The SMILES string of the molecule is O=C(c1ccco1)N1CCC2(CC[C@H](C(=O)N3CCCC3)O2)CC1. The summed E-state index contributed by atoms with van der Waals surface area (Å²) in [5.41, 5.74) is -0.222. The minimum Gasteiger partial charge on any atom is -0.459 e. The fourth-order valence-corrected chi connectivity index (χ4v) is 4.17. The molecule has 3 fully saturated rings. The van der Waals surface area contributed by atoms with Crippen molar-refractivity contribution in [3.63, 3.8) is 0 Å². The minimum absolute atomic E-state index is 0.0578. The molecule has 1 aromatic heterocycles. The van der Waals surface area contributed by atoms with E-state index in [1.807, 2.05) is 9.80 Å². The van der Waals surface area contributed by atoms with Crippen molar-refractivity contribution >= 4 is 11.8 Å². The van der Waals surface area contributed by atoms with Crippen molar-refractivity contribution in [3.05, 3.63) is 24.2 Å². The van der Waals surface area contributed by atoms with Crippen LogP contribution in [0.4, 0.5) is 0 Å². The first-order valence-electron chi connectivity index (χ1n) is 8.96. The van der Waals surface area contributed by atoms with Crippen LogP contribution in [0.25, 0.3) is 0 Å². The predicted molar refractivity (Wildman–Crippen MR) is 86.5 cm³/mol. The molecule has 4 rings (SSSR count). The zero-order valence-electron chi connectivity index (χ0n) is 13.9. The molecule has 0 bridgehead atoms. The summed E-state index contributed by atoms with van der Waals surface area (Å²) in [5.74, 6) is 0.497. The number of furan rings is 1. The normalized spacial score (nSPS) is 26.2. The average molecular weight is 332 g/mol. The van der Waals surface area contributed by atoms with Gasteiger partial charge in [0.25, 0.3) is 11.8 Å². The Morgan fingerprint density at radius 3 is 2.46 bits per heavy atom. The van der Waals surface area contributed by atoms with Crippen LogP contribution < -0.4 is 0 Å². The topological polar surface area (TPSA) is 63.0 Å². The lowest BCUT2D eigenvalue weighted by molar-refractivity contribution is -0.149. The van der Waals surface area contributed by atoms with E-state index in [0.717, 1.165) is 51.6 Å². The molecule has 0 saturated carbocycles. The van der Waals surface area contributed by atoms with E-state index in [2.05, 4.69) is 0 Å². The van der Waals surface area contributed by atoms with Crippen molar-refractivity contribution < 1.29 is 18.7 Å². The molecule has 0 N–H and O–H groups in total. The third kappa shape index (κ3) is 2.83. The van der Waals surface area contributed by atoms with Gasteiger partial charge in [-0.25, -0.2) is 0 Å². The molecule has 6 heteroatoms. The number of ether oxygens (including phenoxy) is 1. The van der Waals surface area contributed by atoms with Crippen molar-refractivity contribution in [2.45, 2.75) is 50.2 Å². The summed E-state index contributed by atoms with van der Waals surface area (Å²) in [6, 6.07) is 3.43. The first kappa shape index (κ1) is 15.7. The van der Waals surface area contributed by atoms with Gasteiger partial charge >= 0.3 is 0 Å². The molecule has 1 atom stereocenters. The maximum Gasteiger partial charge on any atom is 0.289 e. The van der Waals surface area contributed by atoms with Gasteiger partial charge in [0.15, 0.2) is 5.76 Å². The molecule has 130 valence electrons. The fourth-order valence-electron chi connectivity index (χ4n) is 4.17. The predicted octanol–water partition coefficient (Wildman–Crippen LogP) is 2.06. The number of hydrogen-bond acceptors (Lipinski definition) is 4. The van der Waals surface area contributed by atoms with E-state index in [9.17, 15) is 9.59 Å². The summed E-state index contributed by atoms with van der Waals surface area (Å²) >= 11 is 0. The molecule has 2 amide bonds. The van der Waals surface area contributed by atoms with Gasteiger partial charge in [0.05, 0.1) is 11.9 Å². The molecule has 0 aliphatic carbocycles. The van der Waals surface area contributed by atoms with Crippen LogP contribution in [0.1, 0.15) is 49.1 Å². The Balaban J connectivity index is 1.34. The molecule has 0 unspecified atom stereocenters. The van der Waals surface area contributed by atoms with Crippen LogP contribution >= 0.6 is 0 Å². The van der Waals surface area contributed by atoms with E-state index in [0.29, 0.717) is 18.8 Å². The average Bonchev–Trinajstić information content (AvgIpc) is 3.36. The lowest BCUT2D eigenvalue weighted by Gasteiger charge is -2.38. The Kier molecular flexibility index (Phi) is 4.08. The minimum atomic E-state index is -0.282. The van der Waals surface area contributed by atoms with Gasteiger partial charge in [-0.2, -0.15) is 0 Å². The van der Waals surface area contributed by atoms with Gasteiger partial charge in [-0.05, 0) is 50.7 Å². The molecule has 3 aliphatic rings. The standard InChI is InChI=1S/C18H24N2O4/c21-16(14-4-3-13-23-14)20-11-7-18(8-12-20)6-5-15(24-18)17(22)19-9-1-2-10-19/h3-4,13,15H,1-2,5-12H2/t15-/m1/s1. The molecular weight excluding hydrogens is 308 g/mol. The van der Waals surface area contributed by atoms with E-state index in [1.54, 1.807) is 12.1 Å². The van der Waals surface area contributed by atoms with E-state index in [4.69, 9.17) is 9.15 Å². The first-order chi connectivity index (χ1) is 11.7. The van der Waals surface area contributed by atoms with Crippen LogP contribution in [-0.2, 0) is 9.53 Å². The van der Waals surface area contributed by atoms with Gasteiger partial charge in [-0.15, -0.1) is 0 Å². The molecule has 0 aromatic carbocycles. The second kappa shape index (κ2) is 6.24. The summed E-state index contributed by atoms with van der Waals surface area (Å²) in [5, 5.41) is 0. The number of piperidine rings is 1. The van der Waals surface area contributed by atoms with Crippen LogP contribution in [0.5, 0.6) is 0 Å². The van der Waals surface area contributed by atoms with E-state index < -0.39 is 0 Å². The largest absolute Gasteiger partial charge is 0.459 e. The Morgan fingerprint density at radius 1 is 1.04 bits per heavy atom. The number of amides is 2. The van der Waals surface area contributed by atoms with Crippen molar-refractivity contribution in [2.75, 3.05) is 26.2 Å². The number of rotatable bonds is 2. The van der Waals surface area contributed by atoms with Crippen LogP contribution in [0, 0.1) is 0 Å². The number of carbonyl (C=O) groups is 2. The molecule has 1 spiro atoms. The van der Waals surface area contributed by atoms with Gasteiger partial charge in [-0.1, -0.05) is 0 Å².